The molecule has 1 aliphatic carbocycles. The van der Waals surface area contributed by atoms with Gasteiger partial charge in [-0.25, -0.2) is 0 Å². The van der Waals surface area contributed by atoms with Crippen LogP contribution in [0.3, 0.4) is 0 Å². The normalized spacial score (nSPS) is 22.7. The second-order valence-corrected chi connectivity index (χ2v) is 5.99. The number of ether oxygens (including phenoxy) is 1. The minimum Gasteiger partial charge on any atom is -0.468 e. The SMILES string of the molecule is CCCN1CCN(CCC(NC2CC2)C(=O)OC)CC1. The summed E-state index contributed by atoms with van der Waals surface area (Å²) in [6, 6.07) is 0.418. The fourth-order valence-electron chi connectivity index (χ4n) is 2.81. The number of nitrogens with zero attached hydrogens (tertiary/aromatic N) is 2. The van der Waals surface area contributed by atoms with Crippen LogP contribution >= 0.6 is 0 Å². The Bertz CT molecular complexity index is 299. The fourth-order valence-corrected chi connectivity index (χ4v) is 2.81. The van der Waals surface area contributed by atoms with Crippen molar-refractivity contribution in [2.24, 2.45) is 0 Å². The van der Waals surface area contributed by atoms with Gasteiger partial charge >= 0.3 is 5.97 Å². The molecule has 0 aromatic carbocycles. The maximum atomic E-state index is 11.8. The standard InChI is InChI=1S/C15H29N3O2/c1-3-7-17-9-11-18(12-10-17)8-6-14(15(19)20-2)16-13-4-5-13/h13-14,16H,3-12H2,1-2H3. The Hall–Kier alpha value is -0.650. The van der Waals surface area contributed by atoms with Crippen LogP contribution in [0.25, 0.3) is 0 Å². The molecule has 0 spiro atoms. The van der Waals surface area contributed by atoms with Gasteiger partial charge in [0.05, 0.1) is 7.11 Å². The van der Waals surface area contributed by atoms with E-state index < -0.39 is 0 Å². The lowest BCUT2D eigenvalue weighted by Gasteiger charge is -2.35. The van der Waals surface area contributed by atoms with Crippen molar-refractivity contribution >= 4 is 5.97 Å². The number of carbonyl (C=O) groups is 1. The zero-order chi connectivity index (χ0) is 14.4. The Morgan fingerprint density at radius 3 is 2.30 bits per heavy atom. The second kappa shape index (κ2) is 7.96. The van der Waals surface area contributed by atoms with Crippen molar-refractivity contribution in [1.29, 1.82) is 0 Å². The van der Waals surface area contributed by atoms with Crippen molar-refractivity contribution in [3.63, 3.8) is 0 Å². The van der Waals surface area contributed by atoms with Gasteiger partial charge in [-0.15, -0.1) is 0 Å². The number of esters is 1. The summed E-state index contributed by atoms with van der Waals surface area (Å²) in [4.78, 5) is 16.8. The molecule has 1 saturated carbocycles. The number of piperazine rings is 1. The van der Waals surface area contributed by atoms with E-state index in [1.54, 1.807) is 0 Å². The van der Waals surface area contributed by atoms with Crippen LogP contribution < -0.4 is 5.32 Å². The molecule has 2 aliphatic rings. The highest BCUT2D eigenvalue weighted by atomic mass is 16.5. The summed E-state index contributed by atoms with van der Waals surface area (Å²) in [6.07, 6.45) is 4.49. The van der Waals surface area contributed by atoms with Crippen molar-refractivity contribution < 1.29 is 9.53 Å². The van der Waals surface area contributed by atoms with Crippen molar-refractivity contribution in [2.45, 2.75) is 44.7 Å². The maximum Gasteiger partial charge on any atom is 0.322 e. The average Bonchev–Trinajstić information content (AvgIpc) is 3.28. The monoisotopic (exact) mass is 283 g/mol. The van der Waals surface area contributed by atoms with Crippen LogP contribution in [0.1, 0.15) is 32.6 Å². The second-order valence-electron chi connectivity index (χ2n) is 5.99. The van der Waals surface area contributed by atoms with Crippen LogP contribution in [-0.4, -0.2) is 74.2 Å². The van der Waals surface area contributed by atoms with Crippen LogP contribution in [0, 0.1) is 0 Å². The first-order valence-electron chi connectivity index (χ1n) is 8.01. The Morgan fingerprint density at radius 1 is 1.20 bits per heavy atom. The molecule has 1 heterocycles. The average molecular weight is 283 g/mol. The van der Waals surface area contributed by atoms with E-state index in [4.69, 9.17) is 4.74 Å². The molecular formula is C15H29N3O2. The van der Waals surface area contributed by atoms with E-state index in [-0.39, 0.29) is 12.0 Å². The molecule has 0 bridgehead atoms. The highest BCUT2D eigenvalue weighted by molar-refractivity contribution is 5.75. The van der Waals surface area contributed by atoms with Gasteiger partial charge in [0.2, 0.25) is 0 Å². The fraction of sp³-hybridized carbons (Fsp3) is 0.933. The van der Waals surface area contributed by atoms with E-state index in [1.807, 2.05) is 0 Å². The zero-order valence-electron chi connectivity index (χ0n) is 12.9. The van der Waals surface area contributed by atoms with Crippen molar-refractivity contribution in [3.8, 4) is 0 Å². The van der Waals surface area contributed by atoms with Gasteiger partial charge in [-0.05, 0) is 32.2 Å². The molecule has 116 valence electrons. The Balaban J connectivity index is 1.68. The third-order valence-electron chi connectivity index (χ3n) is 4.24. The molecular weight excluding hydrogens is 254 g/mol. The van der Waals surface area contributed by atoms with E-state index in [2.05, 4.69) is 22.0 Å². The van der Waals surface area contributed by atoms with Crippen molar-refractivity contribution in [3.05, 3.63) is 0 Å². The molecule has 0 amide bonds. The van der Waals surface area contributed by atoms with Crippen LogP contribution in [0.5, 0.6) is 0 Å². The van der Waals surface area contributed by atoms with Crippen LogP contribution in [0.2, 0.25) is 0 Å². The molecule has 5 nitrogen and oxygen atoms in total. The molecule has 1 aliphatic heterocycles. The molecule has 1 atom stereocenters. The first-order valence-corrected chi connectivity index (χ1v) is 8.01. The number of nitrogens with one attached hydrogen (secondary N) is 1. The van der Waals surface area contributed by atoms with Gasteiger partial charge in [-0.1, -0.05) is 6.92 Å². The first-order chi connectivity index (χ1) is 9.72. The molecule has 0 radical (unpaired) electrons. The summed E-state index contributed by atoms with van der Waals surface area (Å²) in [7, 11) is 1.48. The van der Waals surface area contributed by atoms with Gasteiger partial charge in [0.15, 0.2) is 0 Å². The molecule has 1 N–H and O–H groups in total. The Morgan fingerprint density at radius 2 is 1.80 bits per heavy atom. The van der Waals surface area contributed by atoms with Gasteiger partial charge in [0.1, 0.15) is 6.04 Å². The smallest absolute Gasteiger partial charge is 0.322 e. The van der Waals surface area contributed by atoms with Crippen molar-refractivity contribution in [2.75, 3.05) is 46.4 Å². The largest absolute Gasteiger partial charge is 0.468 e. The van der Waals surface area contributed by atoms with Crippen molar-refractivity contribution in [1.82, 2.24) is 15.1 Å². The van der Waals surface area contributed by atoms with Crippen LogP contribution in [-0.2, 0) is 9.53 Å². The third-order valence-corrected chi connectivity index (χ3v) is 4.24. The summed E-state index contributed by atoms with van der Waals surface area (Å²) in [5.74, 6) is -0.110. The maximum absolute atomic E-state index is 11.8. The third kappa shape index (κ3) is 5.04. The summed E-state index contributed by atoms with van der Waals surface area (Å²) in [5.41, 5.74) is 0. The minimum atomic E-state index is -0.124. The number of methoxy groups -OCH3 is 1. The summed E-state index contributed by atoms with van der Waals surface area (Å²) in [5, 5.41) is 3.40. The molecule has 1 unspecified atom stereocenters. The Kier molecular flexibility index (Phi) is 6.26. The quantitative estimate of drug-likeness (QED) is 0.664. The van der Waals surface area contributed by atoms with E-state index >= 15 is 0 Å². The first kappa shape index (κ1) is 15.7. The number of carbonyl (C=O) groups excluding carboxylic acids is 1. The molecule has 5 heteroatoms. The van der Waals surface area contributed by atoms with Gasteiger partial charge in [-0.3, -0.25) is 4.79 Å². The highest BCUT2D eigenvalue weighted by Crippen LogP contribution is 2.20. The highest BCUT2D eigenvalue weighted by Gasteiger charge is 2.29. The number of rotatable bonds is 8. The van der Waals surface area contributed by atoms with Gasteiger partial charge in [-0.2, -0.15) is 0 Å². The predicted octanol–water partition coefficient (Wildman–Crippen LogP) is 0.698. The van der Waals surface area contributed by atoms with E-state index in [0.29, 0.717) is 6.04 Å². The molecule has 0 aromatic rings. The lowest BCUT2D eigenvalue weighted by atomic mass is 10.2. The predicted molar refractivity (Wildman–Crippen MR) is 79.7 cm³/mol. The van der Waals surface area contributed by atoms with E-state index in [9.17, 15) is 4.79 Å². The van der Waals surface area contributed by atoms with Gasteiger partial charge in [0.25, 0.3) is 0 Å². The minimum absolute atomic E-state index is 0.110. The number of hydrogen-bond donors (Lipinski definition) is 1. The molecule has 20 heavy (non-hydrogen) atoms. The summed E-state index contributed by atoms with van der Waals surface area (Å²) in [6.45, 7) is 8.99. The van der Waals surface area contributed by atoms with E-state index in [1.165, 1.54) is 32.9 Å². The lowest BCUT2D eigenvalue weighted by Crippen LogP contribution is -2.48. The lowest BCUT2D eigenvalue weighted by molar-refractivity contribution is -0.143. The molecule has 0 aromatic heterocycles. The van der Waals surface area contributed by atoms with Gasteiger partial charge < -0.3 is 19.9 Å². The number of hydrogen-bond acceptors (Lipinski definition) is 5. The summed E-state index contributed by atoms with van der Waals surface area (Å²) < 4.78 is 4.90. The summed E-state index contributed by atoms with van der Waals surface area (Å²) >= 11 is 0. The molecule has 1 saturated heterocycles. The van der Waals surface area contributed by atoms with Gasteiger partial charge in [0, 0.05) is 38.8 Å². The molecule has 2 fully saturated rings. The van der Waals surface area contributed by atoms with E-state index in [0.717, 1.165) is 39.1 Å². The van der Waals surface area contributed by atoms with Crippen LogP contribution in [0.15, 0.2) is 0 Å². The Labute approximate surface area is 122 Å². The van der Waals surface area contributed by atoms with Crippen LogP contribution in [0.4, 0.5) is 0 Å². The molecule has 2 rings (SSSR count). The zero-order valence-corrected chi connectivity index (χ0v) is 12.9. The topological polar surface area (TPSA) is 44.8 Å².